The van der Waals surface area contributed by atoms with Crippen LogP contribution >= 0.6 is 0 Å². The average Bonchev–Trinajstić information content (AvgIpc) is 3.81. The predicted molar refractivity (Wildman–Crippen MR) is 255 cm³/mol. The van der Waals surface area contributed by atoms with E-state index in [-0.39, 0.29) is 0 Å². The lowest BCUT2D eigenvalue weighted by molar-refractivity contribution is 0.792. The van der Waals surface area contributed by atoms with Crippen molar-refractivity contribution in [1.82, 2.24) is 19.9 Å². The minimum absolute atomic E-state index is 0.496. The normalized spacial score (nSPS) is 12.7. The Bertz CT molecular complexity index is 3350. The Morgan fingerprint density at radius 3 is 1.52 bits per heavy atom. The fraction of sp³-hybridized carbons (Fsp3) is 0.0508. The van der Waals surface area contributed by atoms with Crippen molar-refractivity contribution in [2.24, 2.45) is 0 Å². The highest BCUT2D eigenvalue weighted by Crippen LogP contribution is 2.63. The highest BCUT2D eigenvalue weighted by molar-refractivity contribution is 5.96. The molecule has 0 aliphatic heterocycles. The van der Waals surface area contributed by atoms with Crippen LogP contribution in [0.5, 0.6) is 0 Å². The van der Waals surface area contributed by atoms with Crippen LogP contribution in [0, 0.1) is 6.92 Å². The van der Waals surface area contributed by atoms with Crippen molar-refractivity contribution in [1.29, 1.82) is 0 Å². The van der Waals surface area contributed by atoms with Gasteiger partial charge in [0, 0.05) is 34.6 Å². The first-order chi connectivity index (χ1) is 31.1. The lowest BCUT2D eigenvalue weighted by Gasteiger charge is -2.31. The molecule has 0 bridgehead atoms. The molecule has 4 nitrogen and oxygen atoms in total. The molecule has 0 amide bonds. The van der Waals surface area contributed by atoms with Crippen molar-refractivity contribution < 1.29 is 0 Å². The van der Waals surface area contributed by atoms with Gasteiger partial charge >= 0.3 is 0 Å². The van der Waals surface area contributed by atoms with Gasteiger partial charge in [-0.1, -0.05) is 182 Å². The van der Waals surface area contributed by atoms with E-state index in [2.05, 4.69) is 188 Å². The molecule has 8 aromatic carbocycles. The molecule has 12 rings (SSSR count). The summed E-state index contributed by atoms with van der Waals surface area (Å²) >= 11 is 0. The molecule has 0 saturated carbocycles. The van der Waals surface area contributed by atoms with Gasteiger partial charge in [0.2, 0.25) is 0 Å². The maximum atomic E-state index is 5.44. The van der Waals surface area contributed by atoms with Gasteiger partial charge in [0.25, 0.3) is 0 Å². The molecule has 0 atom stereocenters. The number of hydrogen-bond donors (Lipinski definition) is 0. The molecule has 296 valence electrons. The highest BCUT2D eigenvalue weighted by Gasteiger charge is 2.51. The third-order valence-corrected chi connectivity index (χ3v) is 12.9. The third-order valence-electron chi connectivity index (χ3n) is 12.9. The molecular weight excluding hydrogens is 765 g/mol. The summed E-state index contributed by atoms with van der Waals surface area (Å²) < 4.78 is 0. The number of aromatic nitrogens is 4. The summed E-state index contributed by atoms with van der Waals surface area (Å²) in [5.74, 6) is 1.90. The van der Waals surface area contributed by atoms with E-state index >= 15 is 0 Å². The Hall–Kier alpha value is -8.08. The van der Waals surface area contributed by atoms with Crippen LogP contribution in [-0.4, -0.2) is 19.9 Å². The van der Waals surface area contributed by atoms with E-state index in [0.29, 0.717) is 23.9 Å². The molecule has 0 radical (unpaired) electrons. The van der Waals surface area contributed by atoms with Gasteiger partial charge < -0.3 is 0 Å². The van der Waals surface area contributed by atoms with Gasteiger partial charge in [0.05, 0.1) is 5.41 Å². The molecule has 2 aromatic heterocycles. The minimum atomic E-state index is -0.496. The standard InChI is InChI=1S/C59H40N4/c1-38-31-45(37-60-36-38)46-24-9-8-21-42(46)33-44-34-55-51(49-27-12-15-30-54(49)59(55)52-28-13-10-25-47(52)48-26-11-14-29-53(48)59)35-50(44)58-62-56(40-19-6-3-7-20-40)61-57(63-58)43-23-16-22-41(32-43)39-17-4-2-5-18-39/h2-32,34-37H,33H2,1H3. The summed E-state index contributed by atoms with van der Waals surface area (Å²) in [5.41, 5.74) is 20.5. The Labute approximate surface area is 367 Å². The van der Waals surface area contributed by atoms with Crippen LogP contribution in [0.4, 0.5) is 0 Å². The van der Waals surface area contributed by atoms with Gasteiger partial charge in [-0.2, -0.15) is 0 Å². The largest absolute Gasteiger partial charge is 0.264 e. The van der Waals surface area contributed by atoms with E-state index in [1.54, 1.807) is 0 Å². The zero-order valence-electron chi connectivity index (χ0n) is 34.7. The molecular formula is C59H40N4. The highest BCUT2D eigenvalue weighted by atomic mass is 15.0. The molecule has 0 N–H and O–H groups in total. The lowest BCUT2D eigenvalue weighted by Crippen LogP contribution is -2.26. The minimum Gasteiger partial charge on any atom is -0.264 e. The van der Waals surface area contributed by atoms with Crippen LogP contribution in [0.1, 0.15) is 38.9 Å². The van der Waals surface area contributed by atoms with Crippen LogP contribution in [0.2, 0.25) is 0 Å². The van der Waals surface area contributed by atoms with Crippen molar-refractivity contribution in [3.63, 3.8) is 0 Å². The Morgan fingerprint density at radius 1 is 0.333 bits per heavy atom. The van der Waals surface area contributed by atoms with E-state index in [0.717, 1.165) is 50.1 Å². The van der Waals surface area contributed by atoms with Crippen molar-refractivity contribution in [2.45, 2.75) is 18.8 Å². The van der Waals surface area contributed by atoms with Crippen molar-refractivity contribution in [3.05, 3.63) is 252 Å². The number of benzene rings is 8. The summed E-state index contributed by atoms with van der Waals surface area (Å²) in [7, 11) is 0. The first-order valence-electron chi connectivity index (χ1n) is 21.6. The van der Waals surface area contributed by atoms with Crippen molar-refractivity contribution in [3.8, 4) is 78.7 Å². The molecule has 2 heterocycles. The van der Waals surface area contributed by atoms with Crippen LogP contribution in [0.3, 0.4) is 0 Å². The van der Waals surface area contributed by atoms with E-state index in [9.17, 15) is 0 Å². The maximum absolute atomic E-state index is 5.44. The number of rotatable bonds is 7. The van der Waals surface area contributed by atoms with Crippen LogP contribution in [0.15, 0.2) is 213 Å². The topological polar surface area (TPSA) is 51.6 Å². The Kier molecular flexibility index (Phi) is 8.65. The number of hydrogen-bond acceptors (Lipinski definition) is 4. The van der Waals surface area contributed by atoms with E-state index in [1.807, 2.05) is 36.7 Å². The Morgan fingerprint density at radius 2 is 0.857 bits per heavy atom. The summed E-state index contributed by atoms with van der Waals surface area (Å²) in [6, 6.07) is 72.0. The summed E-state index contributed by atoms with van der Waals surface area (Å²) in [4.78, 5) is 20.6. The SMILES string of the molecule is Cc1cncc(-c2ccccc2Cc2cc3c(cc2-c2nc(-c4ccccc4)nc(-c4cccc(-c5ccccc5)c4)n2)-c2ccccc2C32c3ccccc3-c3ccccc32)c1. The molecule has 63 heavy (non-hydrogen) atoms. The molecule has 2 aliphatic rings. The second kappa shape index (κ2) is 14.8. The van der Waals surface area contributed by atoms with Gasteiger partial charge in [-0.3, -0.25) is 4.98 Å². The van der Waals surface area contributed by atoms with Crippen LogP contribution in [0.25, 0.3) is 78.7 Å². The first kappa shape index (κ1) is 36.7. The van der Waals surface area contributed by atoms with Crippen LogP contribution < -0.4 is 0 Å². The number of aryl methyl sites for hydroxylation is 1. The van der Waals surface area contributed by atoms with E-state index < -0.39 is 5.41 Å². The molecule has 0 unspecified atom stereocenters. The van der Waals surface area contributed by atoms with E-state index in [1.165, 1.54) is 50.1 Å². The zero-order chi connectivity index (χ0) is 41.9. The average molecular weight is 805 g/mol. The smallest absolute Gasteiger partial charge is 0.164 e. The zero-order valence-corrected chi connectivity index (χ0v) is 34.7. The van der Waals surface area contributed by atoms with Crippen LogP contribution in [-0.2, 0) is 11.8 Å². The first-order valence-corrected chi connectivity index (χ1v) is 21.6. The van der Waals surface area contributed by atoms with Gasteiger partial charge in [0.1, 0.15) is 0 Å². The number of pyridine rings is 1. The number of fused-ring (bicyclic) bond motifs is 10. The number of nitrogens with zero attached hydrogens (tertiary/aromatic N) is 4. The molecule has 0 saturated heterocycles. The Balaban J connectivity index is 1.14. The molecule has 1 spiro atoms. The summed E-state index contributed by atoms with van der Waals surface area (Å²) in [5, 5.41) is 0. The second-order valence-electron chi connectivity index (χ2n) is 16.6. The van der Waals surface area contributed by atoms with Crippen molar-refractivity contribution in [2.75, 3.05) is 0 Å². The van der Waals surface area contributed by atoms with E-state index in [4.69, 9.17) is 15.0 Å². The summed E-state index contributed by atoms with van der Waals surface area (Å²) in [6.45, 7) is 2.10. The lowest BCUT2D eigenvalue weighted by atomic mass is 9.70. The van der Waals surface area contributed by atoms with Crippen molar-refractivity contribution >= 4 is 0 Å². The van der Waals surface area contributed by atoms with Gasteiger partial charge in [-0.15, -0.1) is 0 Å². The summed E-state index contributed by atoms with van der Waals surface area (Å²) in [6.07, 6.45) is 4.53. The van der Waals surface area contributed by atoms with Gasteiger partial charge in [-0.25, -0.2) is 15.0 Å². The predicted octanol–water partition coefficient (Wildman–Crippen LogP) is 13.8. The molecule has 4 heteroatoms. The quantitative estimate of drug-likeness (QED) is 0.161. The third kappa shape index (κ3) is 5.98. The maximum Gasteiger partial charge on any atom is 0.164 e. The molecule has 2 aliphatic carbocycles. The van der Waals surface area contributed by atoms with Gasteiger partial charge in [-0.05, 0) is 109 Å². The fourth-order valence-corrected chi connectivity index (χ4v) is 10.2. The second-order valence-corrected chi connectivity index (χ2v) is 16.6. The molecule has 0 fully saturated rings. The van der Waals surface area contributed by atoms with Gasteiger partial charge in [0.15, 0.2) is 17.5 Å². The fourth-order valence-electron chi connectivity index (χ4n) is 10.2. The monoisotopic (exact) mass is 804 g/mol. The molecule has 10 aromatic rings.